The van der Waals surface area contributed by atoms with E-state index in [1.807, 2.05) is 24.3 Å². The Morgan fingerprint density at radius 2 is 1.90 bits per heavy atom. The van der Waals surface area contributed by atoms with E-state index >= 15 is 0 Å². The maximum atomic E-state index is 12.2. The van der Waals surface area contributed by atoms with Crippen LogP contribution in [0.5, 0.6) is 0 Å². The number of thiazole rings is 1. The van der Waals surface area contributed by atoms with Gasteiger partial charge in [-0.1, -0.05) is 6.07 Å². The third-order valence-electron chi connectivity index (χ3n) is 4.13. The van der Waals surface area contributed by atoms with Gasteiger partial charge in [-0.2, -0.15) is 0 Å². The van der Waals surface area contributed by atoms with Crippen molar-refractivity contribution in [1.29, 1.82) is 0 Å². The van der Waals surface area contributed by atoms with Crippen molar-refractivity contribution in [2.45, 2.75) is 6.92 Å². The third-order valence-corrected chi connectivity index (χ3v) is 5.85. The van der Waals surface area contributed by atoms with Crippen LogP contribution in [0.25, 0.3) is 20.8 Å². The molecule has 0 aliphatic rings. The molecule has 0 saturated heterocycles. The number of amides is 1. The highest BCUT2D eigenvalue weighted by atomic mass is 79.9. The molecule has 5 nitrogen and oxygen atoms in total. The van der Waals surface area contributed by atoms with Crippen LogP contribution in [0.4, 0.5) is 5.69 Å². The molecule has 0 atom stereocenters. The van der Waals surface area contributed by atoms with Crippen LogP contribution in [-0.4, -0.2) is 21.0 Å². The summed E-state index contributed by atoms with van der Waals surface area (Å²) in [6, 6.07) is 15.7. The summed E-state index contributed by atoms with van der Waals surface area (Å²) in [6.45, 7) is 2.06. The summed E-state index contributed by atoms with van der Waals surface area (Å²) in [4.78, 5) is 20.9. The van der Waals surface area contributed by atoms with Crippen molar-refractivity contribution >= 4 is 66.4 Å². The number of aryl methyl sites for hydroxylation is 1. The summed E-state index contributed by atoms with van der Waals surface area (Å²) >= 11 is 10.2. The van der Waals surface area contributed by atoms with Gasteiger partial charge in [-0.3, -0.25) is 15.1 Å². The maximum Gasteiger partial charge on any atom is 0.259 e. The Labute approximate surface area is 185 Å². The Morgan fingerprint density at radius 3 is 2.66 bits per heavy atom. The lowest BCUT2D eigenvalue weighted by Crippen LogP contribution is -2.34. The predicted octanol–water partition coefficient (Wildman–Crippen LogP) is 5.56. The molecule has 0 saturated carbocycles. The molecule has 0 aliphatic heterocycles. The average molecular weight is 483 g/mol. The van der Waals surface area contributed by atoms with Crippen molar-refractivity contribution in [3.63, 3.8) is 0 Å². The number of fused-ring (bicyclic) bond motifs is 1. The number of hydrogen-bond acceptors (Lipinski definition) is 5. The molecule has 0 bridgehead atoms. The zero-order chi connectivity index (χ0) is 20.4. The molecule has 144 valence electrons. The number of halogens is 1. The molecule has 0 aliphatic carbocycles. The van der Waals surface area contributed by atoms with Gasteiger partial charge in [-0.15, -0.1) is 11.3 Å². The fourth-order valence-corrected chi connectivity index (χ4v) is 4.26. The van der Waals surface area contributed by atoms with E-state index in [4.69, 9.17) is 17.2 Å². The van der Waals surface area contributed by atoms with Crippen molar-refractivity contribution in [3.05, 3.63) is 76.5 Å². The molecule has 0 fully saturated rings. The van der Waals surface area contributed by atoms with E-state index in [2.05, 4.69) is 56.7 Å². The third kappa shape index (κ3) is 4.67. The molecule has 2 aromatic carbocycles. The first-order valence-electron chi connectivity index (χ1n) is 8.68. The normalized spacial score (nSPS) is 10.7. The summed E-state index contributed by atoms with van der Waals surface area (Å²) in [6.07, 6.45) is 3.10. The van der Waals surface area contributed by atoms with Crippen LogP contribution < -0.4 is 10.6 Å². The zero-order valence-electron chi connectivity index (χ0n) is 15.3. The van der Waals surface area contributed by atoms with Crippen molar-refractivity contribution in [1.82, 2.24) is 15.3 Å². The molecule has 8 heteroatoms. The number of rotatable bonds is 3. The molecule has 2 aromatic heterocycles. The van der Waals surface area contributed by atoms with Crippen LogP contribution in [0.2, 0.25) is 0 Å². The minimum Gasteiger partial charge on any atom is -0.332 e. The van der Waals surface area contributed by atoms with Crippen molar-refractivity contribution in [2.75, 3.05) is 5.32 Å². The minimum absolute atomic E-state index is 0.221. The van der Waals surface area contributed by atoms with Gasteiger partial charge in [0.2, 0.25) is 0 Å². The van der Waals surface area contributed by atoms with Gasteiger partial charge in [-0.25, -0.2) is 4.98 Å². The van der Waals surface area contributed by atoms with E-state index in [1.54, 1.807) is 23.6 Å². The first-order valence-corrected chi connectivity index (χ1v) is 10.7. The molecule has 2 heterocycles. The molecule has 0 unspecified atom stereocenters. The van der Waals surface area contributed by atoms with E-state index in [-0.39, 0.29) is 11.0 Å². The van der Waals surface area contributed by atoms with Crippen molar-refractivity contribution in [3.8, 4) is 10.6 Å². The van der Waals surface area contributed by atoms with Gasteiger partial charge in [0, 0.05) is 28.1 Å². The molecule has 4 aromatic rings. The van der Waals surface area contributed by atoms with Crippen LogP contribution in [0.15, 0.2) is 65.4 Å². The first kappa shape index (κ1) is 19.6. The standard InChI is InChI=1S/C21H15BrN4OS2/c1-12-2-7-18-17(8-12)25-20(29-18)13-3-5-16(6-4-13)24-21(28)26-19(27)14-9-15(22)11-23-10-14/h2-11H,1H3,(H2,24,26,27,28). The monoisotopic (exact) mass is 482 g/mol. The van der Waals surface area contributed by atoms with Crippen LogP contribution in [0.1, 0.15) is 15.9 Å². The number of pyridine rings is 1. The summed E-state index contributed by atoms with van der Waals surface area (Å²) < 4.78 is 1.89. The van der Waals surface area contributed by atoms with E-state index in [0.29, 0.717) is 5.56 Å². The number of benzene rings is 2. The van der Waals surface area contributed by atoms with Crippen LogP contribution >= 0.6 is 39.5 Å². The van der Waals surface area contributed by atoms with Crippen LogP contribution in [0.3, 0.4) is 0 Å². The highest BCUT2D eigenvalue weighted by Crippen LogP contribution is 2.31. The number of nitrogens with one attached hydrogen (secondary N) is 2. The molecule has 29 heavy (non-hydrogen) atoms. The highest BCUT2D eigenvalue weighted by molar-refractivity contribution is 9.10. The van der Waals surface area contributed by atoms with Gasteiger partial charge in [0.15, 0.2) is 5.11 Å². The lowest BCUT2D eigenvalue weighted by molar-refractivity contribution is 0.0977. The molecule has 0 radical (unpaired) electrons. The summed E-state index contributed by atoms with van der Waals surface area (Å²) in [7, 11) is 0. The summed E-state index contributed by atoms with van der Waals surface area (Å²) in [5.74, 6) is -0.322. The Kier molecular flexibility index (Phi) is 5.66. The van der Waals surface area contributed by atoms with Crippen molar-refractivity contribution in [2.24, 2.45) is 0 Å². The van der Waals surface area contributed by atoms with Crippen molar-refractivity contribution < 1.29 is 4.79 Å². The van der Waals surface area contributed by atoms with Gasteiger partial charge in [0.05, 0.1) is 15.8 Å². The number of hydrogen-bond donors (Lipinski definition) is 2. The lowest BCUT2D eigenvalue weighted by Gasteiger charge is -2.10. The molecular formula is C21H15BrN4OS2. The second-order valence-corrected chi connectivity index (χ2v) is 8.72. The molecule has 1 amide bonds. The van der Waals surface area contributed by atoms with E-state index in [0.717, 1.165) is 26.2 Å². The van der Waals surface area contributed by atoms with Gasteiger partial charge < -0.3 is 5.32 Å². The number of nitrogens with zero attached hydrogens (tertiary/aromatic N) is 2. The largest absolute Gasteiger partial charge is 0.332 e. The Balaban J connectivity index is 1.43. The van der Waals surface area contributed by atoms with E-state index < -0.39 is 0 Å². The van der Waals surface area contributed by atoms with Gasteiger partial charge in [0.1, 0.15) is 5.01 Å². The Morgan fingerprint density at radius 1 is 1.10 bits per heavy atom. The number of carbonyl (C=O) groups excluding carboxylic acids is 1. The van der Waals surface area contributed by atoms with Crippen LogP contribution in [0, 0.1) is 6.92 Å². The molecule has 2 N–H and O–H groups in total. The zero-order valence-corrected chi connectivity index (χ0v) is 18.5. The first-order chi connectivity index (χ1) is 14.0. The highest BCUT2D eigenvalue weighted by Gasteiger charge is 2.10. The SMILES string of the molecule is Cc1ccc2sc(-c3ccc(NC(=S)NC(=O)c4cncc(Br)c4)cc3)nc2c1. The smallest absolute Gasteiger partial charge is 0.259 e. The van der Waals surface area contributed by atoms with E-state index in [1.165, 1.54) is 16.5 Å². The number of thiocarbonyl (C=S) groups is 1. The quantitative estimate of drug-likeness (QED) is 0.374. The molecule has 0 spiro atoms. The second-order valence-electron chi connectivity index (χ2n) is 6.37. The second kappa shape index (κ2) is 8.36. The van der Waals surface area contributed by atoms with Gasteiger partial charge in [0.25, 0.3) is 5.91 Å². The maximum absolute atomic E-state index is 12.2. The van der Waals surface area contributed by atoms with Gasteiger partial charge in [-0.05, 0) is 83.1 Å². The average Bonchev–Trinajstić information content (AvgIpc) is 3.11. The predicted molar refractivity (Wildman–Crippen MR) is 125 cm³/mol. The van der Waals surface area contributed by atoms with Gasteiger partial charge >= 0.3 is 0 Å². The molecular weight excluding hydrogens is 468 g/mol. The Bertz CT molecular complexity index is 1220. The summed E-state index contributed by atoms with van der Waals surface area (Å²) in [5.41, 5.74) is 4.44. The Hall–Kier alpha value is -2.68. The molecule has 4 rings (SSSR count). The van der Waals surface area contributed by atoms with E-state index in [9.17, 15) is 4.79 Å². The number of aromatic nitrogens is 2. The van der Waals surface area contributed by atoms with Crippen LogP contribution in [-0.2, 0) is 0 Å². The topological polar surface area (TPSA) is 66.9 Å². The lowest BCUT2D eigenvalue weighted by atomic mass is 10.2. The number of carbonyl (C=O) groups is 1. The summed E-state index contributed by atoms with van der Waals surface area (Å²) in [5, 5.41) is 6.86. The minimum atomic E-state index is -0.322. The number of anilines is 1. The fraction of sp³-hybridized carbons (Fsp3) is 0.0476. The fourth-order valence-electron chi connectivity index (χ4n) is 2.73.